The summed E-state index contributed by atoms with van der Waals surface area (Å²) in [4.78, 5) is 4.57. The van der Waals surface area contributed by atoms with E-state index in [9.17, 15) is 0 Å². The van der Waals surface area contributed by atoms with E-state index in [0.717, 1.165) is 15.9 Å². The first-order valence-electron chi connectivity index (χ1n) is 5.13. The molecule has 80 valence electrons. The first kappa shape index (κ1) is 10.7. The Kier molecular flexibility index (Phi) is 3.10. The van der Waals surface area contributed by atoms with E-state index in [4.69, 9.17) is 4.74 Å². The summed E-state index contributed by atoms with van der Waals surface area (Å²) >= 11 is 3.44. The molecule has 0 bridgehead atoms. The van der Waals surface area contributed by atoms with Crippen molar-refractivity contribution >= 4 is 21.8 Å². The Morgan fingerprint density at radius 3 is 2.87 bits per heavy atom. The molecule has 0 saturated carbocycles. The van der Waals surface area contributed by atoms with Crippen molar-refractivity contribution in [1.82, 2.24) is 0 Å². The number of benzene rings is 1. The molecule has 2 nitrogen and oxygen atoms in total. The van der Waals surface area contributed by atoms with E-state index in [1.54, 1.807) is 0 Å². The Morgan fingerprint density at radius 2 is 2.27 bits per heavy atom. The van der Waals surface area contributed by atoms with Crippen LogP contribution in [0.1, 0.15) is 19.4 Å². The number of rotatable bonds is 2. The summed E-state index contributed by atoms with van der Waals surface area (Å²) in [6.07, 6.45) is 0. The highest BCUT2D eigenvalue weighted by Crippen LogP contribution is 2.19. The smallest absolute Gasteiger partial charge is 0.216 e. The molecule has 0 saturated heterocycles. The lowest BCUT2D eigenvalue weighted by Crippen LogP contribution is -2.13. The minimum absolute atomic E-state index is 0.305. The predicted molar refractivity (Wildman–Crippen MR) is 65.3 cm³/mol. The second kappa shape index (κ2) is 4.35. The zero-order valence-corrected chi connectivity index (χ0v) is 10.5. The molecule has 0 aliphatic carbocycles. The summed E-state index contributed by atoms with van der Waals surface area (Å²) in [7, 11) is 0. The van der Waals surface area contributed by atoms with Crippen LogP contribution in [0.15, 0.2) is 33.7 Å². The molecule has 1 atom stereocenters. The standard InChI is InChI=1S/C12H14BrNO/c1-8(2)11-7-15-12(14-11)9-4-3-5-10(13)6-9/h3-6,8,11H,7H2,1-2H3/t11-/m1/s1. The lowest BCUT2D eigenvalue weighted by Gasteiger charge is -2.06. The Morgan fingerprint density at radius 1 is 1.47 bits per heavy atom. The molecule has 3 heteroatoms. The fraction of sp³-hybridized carbons (Fsp3) is 0.417. The second-order valence-electron chi connectivity index (χ2n) is 4.07. The van der Waals surface area contributed by atoms with Gasteiger partial charge in [0.05, 0.1) is 6.04 Å². The summed E-state index contributed by atoms with van der Waals surface area (Å²) < 4.78 is 6.65. The fourth-order valence-electron chi connectivity index (χ4n) is 1.51. The van der Waals surface area contributed by atoms with Crippen LogP contribution >= 0.6 is 15.9 Å². The van der Waals surface area contributed by atoms with Gasteiger partial charge in [0.25, 0.3) is 0 Å². The van der Waals surface area contributed by atoms with Gasteiger partial charge in [-0.25, -0.2) is 4.99 Å². The number of hydrogen-bond donors (Lipinski definition) is 0. The average molecular weight is 268 g/mol. The number of nitrogens with zero attached hydrogens (tertiary/aromatic N) is 1. The van der Waals surface area contributed by atoms with Crippen LogP contribution in [0.2, 0.25) is 0 Å². The third-order valence-corrected chi connectivity index (χ3v) is 3.01. The van der Waals surface area contributed by atoms with Gasteiger partial charge in [0.15, 0.2) is 0 Å². The number of hydrogen-bond acceptors (Lipinski definition) is 2. The van der Waals surface area contributed by atoms with Gasteiger partial charge in [-0.15, -0.1) is 0 Å². The van der Waals surface area contributed by atoms with Crippen molar-refractivity contribution in [3.8, 4) is 0 Å². The van der Waals surface area contributed by atoms with Gasteiger partial charge in [0.2, 0.25) is 5.90 Å². The molecule has 0 N–H and O–H groups in total. The molecule has 1 heterocycles. The van der Waals surface area contributed by atoms with Crippen molar-refractivity contribution in [1.29, 1.82) is 0 Å². The third-order valence-electron chi connectivity index (χ3n) is 2.52. The van der Waals surface area contributed by atoms with E-state index in [2.05, 4.69) is 34.8 Å². The van der Waals surface area contributed by atoms with Gasteiger partial charge in [-0.3, -0.25) is 0 Å². The monoisotopic (exact) mass is 267 g/mol. The quantitative estimate of drug-likeness (QED) is 0.806. The van der Waals surface area contributed by atoms with Crippen LogP contribution in [0.25, 0.3) is 0 Å². The Balaban J connectivity index is 2.22. The highest BCUT2D eigenvalue weighted by Gasteiger charge is 2.22. The first-order chi connectivity index (χ1) is 7.16. The molecule has 0 spiro atoms. The van der Waals surface area contributed by atoms with Gasteiger partial charge in [-0.05, 0) is 24.1 Å². The molecule has 0 fully saturated rings. The summed E-state index contributed by atoms with van der Waals surface area (Å²) in [6, 6.07) is 8.35. The zero-order valence-electron chi connectivity index (χ0n) is 8.90. The minimum Gasteiger partial charge on any atom is -0.475 e. The largest absolute Gasteiger partial charge is 0.475 e. The van der Waals surface area contributed by atoms with Crippen molar-refractivity contribution in [2.24, 2.45) is 10.9 Å². The molecule has 15 heavy (non-hydrogen) atoms. The minimum atomic E-state index is 0.305. The van der Waals surface area contributed by atoms with Crippen molar-refractivity contribution in [3.05, 3.63) is 34.3 Å². The van der Waals surface area contributed by atoms with Gasteiger partial charge < -0.3 is 4.74 Å². The van der Waals surface area contributed by atoms with Crippen molar-refractivity contribution < 1.29 is 4.74 Å². The van der Waals surface area contributed by atoms with Gasteiger partial charge in [-0.2, -0.15) is 0 Å². The number of aliphatic imine (C=N–C) groups is 1. The Bertz CT molecular complexity index is 387. The van der Waals surface area contributed by atoms with Gasteiger partial charge >= 0.3 is 0 Å². The lowest BCUT2D eigenvalue weighted by molar-refractivity contribution is 0.292. The summed E-state index contributed by atoms with van der Waals surface area (Å²) in [5, 5.41) is 0. The molecule has 2 rings (SSSR count). The van der Waals surface area contributed by atoms with Gasteiger partial charge in [0.1, 0.15) is 6.61 Å². The topological polar surface area (TPSA) is 21.6 Å². The predicted octanol–water partition coefficient (Wildman–Crippen LogP) is 3.25. The molecule has 1 aromatic rings. The second-order valence-corrected chi connectivity index (χ2v) is 4.98. The van der Waals surface area contributed by atoms with Crippen LogP contribution in [0, 0.1) is 5.92 Å². The lowest BCUT2D eigenvalue weighted by atomic mass is 10.1. The summed E-state index contributed by atoms with van der Waals surface area (Å²) in [5.41, 5.74) is 1.05. The van der Waals surface area contributed by atoms with E-state index < -0.39 is 0 Å². The van der Waals surface area contributed by atoms with Crippen LogP contribution < -0.4 is 0 Å². The molecular formula is C12H14BrNO. The van der Waals surface area contributed by atoms with E-state index >= 15 is 0 Å². The SMILES string of the molecule is CC(C)[C@H]1COC(c2cccc(Br)c2)=N1. The van der Waals surface area contributed by atoms with E-state index in [-0.39, 0.29) is 0 Å². The average Bonchev–Trinajstić information content (AvgIpc) is 2.66. The van der Waals surface area contributed by atoms with E-state index in [0.29, 0.717) is 18.6 Å². The van der Waals surface area contributed by atoms with Crippen LogP contribution in [0.3, 0.4) is 0 Å². The molecule has 1 aliphatic heterocycles. The maximum Gasteiger partial charge on any atom is 0.216 e. The van der Waals surface area contributed by atoms with Crippen LogP contribution in [-0.2, 0) is 4.74 Å². The van der Waals surface area contributed by atoms with Crippen molar-refractivity contribution in [2.45, 2.75) is 19.9 Å². The Hall–Kier alpha value is -0.830. The molecular weight excluding hydrogens is 254 g/mol. The normalized spacial score (nSPS) is 20.3. The molecule has 0 radical (unpaired) electrons. The van der Waals surface area contributed by atoms with Crippen LogP contribution in [0.5, 0.6) is 0 Å². The molecule has 0 amide bonds. The molecule has 1 aliphatic rings. The fourth-order valence-corrected chi connectivity index (χ4v) is 1.91. The molecule has 1 aromatic carbocycles. The first-order valence-corrected chi connectivity index (χ1v) is 5.92. The van der Waals surface area contributed by atoms with Crippen molar-refractivity contribution in [2.75, 3.05) is 6.61 Å². The number of ether oxygens (including phenoxy) is 1. The maximum absolute atomic E-state index is 5.60. The van der Waals surface area contributed by atoms with Crippen LogP contribution in [0.4, 0.5) is 0 Å². The maximum atomic E-state index is 5.60. The van der Waals surface area contributed by atoms with E-state index in [1.807, 2.05) is 24.3 Å². The van der Waals surface area contributed by atoms with E-state index in [1.165, 1.54) is 0 Å². The summed E-state index contributed by atoms with van der Waals surface area (Å²) in [5.74, 6) is 1.31. The number of halogens is 1. The zero-order chi connectivity index (χ0) is 10.8. The molecule has 0 unspecified atom stereocenters. The van der Waals surface area contributed by atoms with Crippen LogP contribution in [-0.4, -0.2) is 18.5 Å². The highest BCUT2D eigenvalue weighted by molar-refractivity contribution is 9.10. The third kappa shape index (κ3) is 2.40. The van der Waals surface area contributed by atoms with Crippen molar-refractivity contribution in [3.63, 3.8) is 0 Å². The van der Waals surface area contributed by atoms with Gasteiger partial charge in [-0.1, -0.05) is 35.8 Å². The van der Waals surface area contributed by atoms with Gasteiger partial charge in [0, 0.05) is 10.0 Å². The summed E-state index contributed by atoms with van der Waals surface area (Å²) in [6.45, 7) is 5.04. The Labute approximate surface area is 98.5 Å². The highest BCUT2D eigenvalue weighted by atomic mass is 79.9. The molecule has 0 aromatic heterocycles.